The van der Waals surface area contributed by atoms with Gasteiger partial charge in [0.1, 0.15) is 0 Å². The largest absolute Gasteiger partial charge is 0.465 e. The van der Waals surface area contributed by atoms with E-state index >= 15 is 0 Å². The average Bonchev–Trinajstić information content (AvgIpc) is 2.72. The van der Waals surface area contributed by atoms with Crippen LogP contribution in [0.1, 0.15) is 110 Å². The van der Waals surface area contributed by atoms with Crippen LogP contribution in [0.4, 0.5) is 0 Å². The van der Waals surface area contributed by atoms with Gasteiger partial charge in [-0.15, -0.1) is 0 Å². The maximum absolute atomic E-state index is 12.2. The number of unbranched alkanes of at least 4 members (excludes halogenated alkanes) is 7. The van der Waals surface area contributed by atoms with Gasteiger partial charge < -0.3 is 4.74 Å². The van der Waals surface area contributed by atoms with Crippen molar-refractivity contribution in [1.82, 2.24) is 0 Å². The fourth-order valence-corrected chi connectivity index (χ4v) is 3.86. The predicted molar refractivity (Wildman–Crippen MR) is 125 cm³/mol. The Kier molecular flexibility index (Phi) is 15.6. The summed E-state index contributed by atoms with van der Waals surface area (Å²) >= 11 is 0. The van der Waals surface area contributed by atoms with Crippen LogP contribution in [0.5, 0.6) is 0 Å². The van der Waals surface area contributed by atoms with Crippen molar-refractivity contribution in [3.8, 4) is 0 Å². The highest BCUT2D eigenvalue weighted by molar-refractivity contribution is 5.69. The first-order valence-corrected chi connectivity index (χ1v) is 12.3. The molecule has 0 fully saturated rings. The van der Waals surface area contributed by atoms with Gasteiger partial charge in [-0.05, 0) is 36.7 Å². The second kappa shape index (κ2) is 17.5. The molecule has 166 valence electrons. The van der Waals surface area contributed by atoms with Crippen LogP contribution in [0.3, 0.4) is 0 Å². The summed E-state index contributed by atoms with van der Waals surface area (Å²) in [6.07, 6.45) is 16.9. The minimum atomic E-state index is -0.0400. The monoisotopic (exact) mass is 402 g/mol. The number of carbonyl (C=O) groups is 1. The van der Waals surface area contributed by atoms with Crippen LogP contribution >= 0.6 is 0 Å². The summed E-state index contributed by atoms with van der Waals surface area (Å²) in [5.74, 6) is 1.32. The Bertz CT molecular complexity index is 495. The van der Waals surface area contributed by atoms with Crippen molar-refractivity contribution in [3.05, 3.63) is 35.9 Å². The molecule has 2 heteroatoms. The van der Waals surface area contributed by atoms with Crippen molar-refractivity contribution < 1.29 is 9.53 Å². The number of rotatable bonds is 18. The molecule has 29 heavy (non-hydrogen) atoms. The minimum absolute atomic E-state index is 0.0400. The molecule has 0 aromatic heterocycles. The van der Waals surface area contributed by atoms with Crippen molar-refractivity contribution in [2.24, 2.45) is 11.8 Å². The number of esters is 1. The zero-order valence-corrected chi connectivity index (χ0v) is 19.5. The Morgan fingerprint density at radius 3 is 2.00 bits per heavy atom. The van der Waals surface area contributed by atoms with Gasteiger partial charge in [-0.25, -0.2) is 0 Å². The first kappa shape index (κ1) is 25.7. The fourth-order valence-electron chi connectivity index (χ4n) is 3.86. The van der Waals surface area contributed by atoms with Gasteiger partial charge in [0.05, 0.1) is 6.61 Å². The van der Waals surface area contributed by atoms with Gasteiger partial charge in [0, 0.05) is 6.42 Å². The molecular weight excluding hydrogens is 356 g/mol. The molecule has 0 amide bonds. The van der Waals surface area contributed by atoms with E-state index in [1.807, 2.05) is 18.2 Å². The summed E-state index contributed by atoms with van der Waals surface area (Å²) in [6.45, 7) is 7.49. The number of aryl methyl sites for hydroxylation is 1. The SMILES string of the molecule is CCCCCCCC(CCCCCCC(C)C)COC(=O)CCc1ccccc1. The highest BCUT2D eigenvalue weighted by Gasteiger charge is 2.12. The van der Waals surface area contributed by atoms with Crippen molar-refractivity contribution in [2.75, 3.05) is 6.61 Å². The molecule has 1 atom stereocenters. The first-order valence-electron chi connectivity index (χ1n) is 12.3. The molecule has 0 radical (unpaired) electrons. The summed E-state index contributed by atoms with van der Waals surface area (Å²) < 4.78 is 5.67. The molecule has 1 aromatic rings. The molecule has 0 bridgehead atoms. The van der Waals surface area contributed by atoms with Gasteiger partial charge >= 0.3 is 5.97 Å². The van der Waals surface area contributed by atoms with E-state index in [4.69, 9.17) is 4.74 Å². The van der Waals surface area contributed by atoms with E-state index in [0.29, 0.717) is 18.9 Å². The van der Waals surface area contributed by atoms with E-state index in [1.54, 1.807) is 0 Å². The highest BCUT2D eigenvalue weighted by atomic mass is 16.5. The zero-order chi connectivity index (χ0) is 21.2. The van der Waals surface area contributed by atoms with Crippen LogP contribution in [-0.2, 0) is 16.0 Å². The van der Waals surface area contributed by atoms with Gasteiger partial charge in [-0.3, -0.25) is 4.79 Å². The molecule has 0 N–H and O–H groups in total. The third kappa shape index (κ3) is 15.2. The lowest BCUT2D eigenvalue weighted by Crippen LogP contribution is -2.15. The predicted octanol–water partition coefficient (Wildman–Crippen LogP) is 8.14. The Hall–Kier alpha value is -1.31. The van der Waals surface area contributed by atoms with Crippen molar-refractivity contribution >= 4 is 5.97 Å². The van der Waals surface area contributed by atoms with Crippen LogP contribution in [-0.4, -0.2) is 12.6 Å². The van der Waals surface area contributed by atoms with Crippen LogP contribution in [0, 0.1) is 11.8 Å². The van der Waals surface area contributed by atoms with Crippen LogP contribution in [0.15, 0.2) is 30.3 Å². The molecule has 1 rings (SSSR count). The summed E-state index contributed by atoms with van der Waals surface area (Å²) in [5.41, 5.74) is 1.21. The third-order valence-corrected chi connectivity index (χ3v) is 5.80. The summed E-state index contributed by atoms with van der Waals surface area (Å²) in [5, 5.41) is 0. The van der Waals surface area contributed by atoms with Gasteiger partial charge in [-0.2, -0.15) is 0 Å². The standard InChI is InChI=1S/C27H46O2/c1-4-5-6-7-12-19-26(20-13-9-8-11-16-24(2)3)23-29-27(28)22-21-25-17-14-10-15-18-25/h10,14-15,17-18,24,26H,4-9,11-13,16,19-23H2,1-3H3. The maximum Gasteiger partial charge on any atom is 0.306 e. The highest BCUT2D eigenvalue weighted by Crippen LogP contribution is 2.20. The molecule has 0 aliphatic rings. The van der Waals surface area contributed by atoms with E-state index < -0.39 is 0 Å². The van der Waals surface area contributed by atoms with Crippen molar-refractivity contribution in [2.45, 2.75) is 111 Å². The van der Waals surface area contributed by atoms with E-state index in [2.05, 4.69) is 32.9 Å². The van der Waals surface area contributed by atoms with E-state index in [0.717, 1.165) is 12.3 Å². The van der Waals surface area contributed by atoms with Crippen molar-refractivity contribution in [1.29, 1.82) is 0 Å². The van der Waals surface area contributed by atoms with E-state index in [-0.39, 0.29) is 5.97 Å². The number of hydrogen-bond donors (Lipinski definition) is 0. The number of benzene rings is 1. The van der Waals surface area contributed by atoms with Gasteiger partial charge in [0.2, 0.25) is 0 Å². The number of ether oxygens (including phenoxy) is 1. The second-order valence-electron chi connectivity index (χ2n) is 9.12. The topological polar surface area (TPSA) is 26.3 Å². The van der Waals surface area contributed by atoms with E-state index in [9.17, 15) is 4.79 Å². The Labute approximate surface area is 180 Å². The lowest BCUT2D eigenvalue weighted by molar-refractivity contribution is -0.145. The van der Waals surface area contributed by atoms with Crippen molar-refractivity contribution in [3.63, 3.8) is 0 Å². The number of carbonyl (C=O) groups excluding carboxylic acids is 1. The Balaban J connectivity index is 2.26. The summed E-state index contributed by atoms with van der Waals surface area (Å²) in [6, 6.07) is 10.2. The van der Waals surface area contributed by atoms with Gasteiger partial charge in [-0.1, -0.05) is 115 Å². The van der Waals surface area contributed by atoms with E-state index in [1.165, 1.54) is 82.6 Å². The number of hydrogen-bond acceptors (Lipinski definition) is 2. The Morgan fingerprint density at radius 2 is 1.41 bits per heavy atom. The molecule has 0 aliphatic carbocycles. The summed E-state index contributed by atoms with van der Waals surface area (Å²) in [7, 11) is 0. The second-order valence-corrected chi connectivity index (χ2v) is 9.12. The lowest BCUT2D eigenvalue weighted by atomic mass is 9.94. The van der Waals surface area contributed by atoms with Gasteiger partial charge in [0.25, 0.3) is 0 Å². The molecular formula is C27H46O2. The lowest BCUT2D eigenvalue weighted by Gasteiger charge is -2.17. The Morgan fingerprint density at radius 1 is 0.828 bits per heavy atom. The zero-order valence-electron chi connectivity index (χ0n) is 19.5. The molecule has 0 saturated heterocycles. The van der Waals surface area contributed by atoms with Crippen LogP contribution < -0.4 is 0 Å². The molecule has 0 heterocycles. The molecule has 1 aromatic carbocycles. The molecule has 0 saturated carbocycles. The molecule has 0 aliphatic heterocycles. The molecule has 1 unspecified atom stereocenters. The first-order chi connectivity index (χ1) is 14.1. The van der Waals surface area contributed by atoms with Crippen LogP contribution in [0.2, 0.25) is 0 Å². The maximum atomic E-state index is 12.2. The quantitative estimate of drug-likeness (QED) is 0.183. The third-order valence-electron chi connectivity index (χ3n) is 5.80. The van der Waals surface area contributed by atoms with Crippen LogP contribution in [0.25, 0.3) is 0 Å². The summed E-state index contributed by atoms with van der Waals surface area (Å²) in [4.78, 5) is 12.2. The van der Waals surface area contributed by atoms with Gasteiger partial charge in [0.15, 0.2) is 0 Å². The average molecular weight is 403 g/mol. The molecule has 2 nitrogen and oxygen atoms in total. The smallest absolute Gasteiger partial charge is 0.306 e. The fraction of sp³-hybridized carbons (Fsp3) is 0.741. The molecule has 0 spiro atoms. The normalized spacial score (nSPS) is 12.3. The minimum Gasteiger partial charge on any atom is -0.465 e.